The Kier molecular flexibility index (Phi) is 3.94. The summed E-state index contributed by atoms with van der Waals surface area (Å²) < 4.78 is 0. The van der Waals surface area contributed by atoms with Gasteiger partial charge in [-0.3, -0.25) is 15.1 Å². The van der Waals surface area contributed by atoms with E-state index < -0.39 is 0 Å². The van der Waals surface area contributed by atoms with Crippen molar-refractivity contribution in [1.29, 1.82) is 0 Å². The van der Waals surface area contributed by atoms with Gasteiger partial charge in [0, 0.05) is 6.42 Å². The minimum absolute atomic E-state index is 0.114. The quantitative estimate of drug-likeness (QED) is 0.743. The Morgan fingerprint density at radius 3 is 2.57 bits per heavy atom. The number of para-hydroxylation sites is 1. The summed E-state index contributed by atoms with van der Waals surface area (Å²) in [6.45, 7) is 1.78. The summed E-state index contributed by atoms with van der Waals surface area (Å²) in [7, 11) is 1.45. The maximum absolute atomic E-state index is 11.3. The monoisotopic (exact) mass is 194 g/mol. The van der Waals surface area contributed by atoms with E-state index in [1.807, 2.05) is 30.3 Å². The van der Waals surface area contributed by atoms with Gasteiger partial charge >= 0.3 is 0 Å². The molecule has 0 saturated carbocycles. The second kappa shape index (κ2) is 5.24. The summed E-state index contributed by atoms with van der Waals surface area (Å²) in [6, 6.07) is 9.38. The number of hydrazine groups is 1. The van der Waals surface area contributed by atoms with E-state index in [-0.39, 0.29) is 5.91 Å². The zero-order valence-corrected chi connectivity index (χ0v) is 8.36. The molecule has 0 aliphatic rings. The molecule has 0 aliphatic heterocycles. The summed E-state index contributed by atoms with van der Waals surface area (Å²) in [6.07, 6.45) is 0.397. The minimum Gasteiger partial charge on any atom is -0.272 e. The van der Waals surface area contributed by atoms with Crippen LogP contribution in [0.1, 0.15) is 13.3 Å². The van der Waals surface area contributed by atoms with Crippen LogP contribution in [0.25, 0.3) is 0 Å². The topological polar surface area (TPSA) is 41.6 Å². The number of hydrogen-bond donors (Lipinski definition) is 1. The standard InChI is InChI=1S/C10H14N2O2/c1-3-10(13)12(14-2)11-9-7-5-4-6-8-9/h4-8,11H,3H2,1-2H3. The second-order valence-corrected chi connectivity index (χ2v) is 2.70. The van der Waals surface area contributed by atoms with Crippen molar-refractivity contribution in [3.8, 4) is 0 Å². The Morgan fingerprint density at radius 2 is 2.07 bits per heavy atom. The van der Waals surface area contributed by atoms with Gasteiger partial charge in [-0.25, -0.2) is 0 Å². The molecule has 1 aromatic carbocycles. The molecule has 76 valence electrons. The lowest BCUT2D eigenvalue weighted by Gasteiger charge is -2.20. The zero-order chi connectivity index (χ0) is 10.4. The lowest BCUT2D eigenvalue weighted by atomic mass is 10.3. The van der Waals surface area contributed by atoms with E-state index in [0.29, 0.717) is 6.42 Å². The van der Waals surface area contributed by atoms with Crippen LogP contribution in [0.2, 0.25) is 0 Å². The predicted octanol–water partition coefficient (Wildman–Crippen LogP) is 1.81. The minimum atomic E-state index is -0.114. The van der Waals surface area contributed by atoms with Gasteiger partial charge in [0.1, 0.15) is 0 Å². The summed E-state index contributed by atoms with van der Waals surface area (Å²) in [4.78, 5) is 16.2. The molecule has 14 heavy (non-hydrogen) atoms. The van der Waals surface area contributed by atoms with Gasteiger partial charge in [-0.05, 0) is 12.1 Å². The second-order valence-electron chi connectivity index (χ2n) is 2.70. The molecule has 0 spiro atoms. The first-order valence-electron chi connectivity index (χ1n) is 4.46. The lowest BCUT2D eigenvalue weighted by Crippen LogP contribution is -2.34. The van der Waals surface area contributed by atoms with Crippen molar-refractivity contribution in [1.82, 2.24) is 5.17 Å². The van der Waals surface area contributed by atoms with Gasteiger partial charge in [0.05, 0.1) is 12.8 Å². The van der Waals surface area contributed by atoms with E-state index in [1.54, 1.807) is 6.92 Å². The fourth-order valence-electron chi connectivity index (χ4n) is 0.983. The largest absolute Gasteiger partial charge is 0.272 e. The van der Waals surface area contributed by atoms with E-state index in [0.717, 1.165) is 10.9 Å². The van der Waals surface area contributed by atoms with E-state index in [1.165, 1.54) is 7.11 Å². The van der Waals surface area contributed by atoms with Crippen molar-refractivity contribution in [3.63, 3.8) is 0 Å². The van der Waals surface area contributed by atoms with Crippen molar-refractivity contribution in [2.24, 2.45) is 0 Å². The van der Waals surface area contributed by atoms with Crippen LogP contribution in [0.5, 0.6) is 0 Å². The zero-order valence-electron chi connectivity index (χ0n) is 8.36. The first-order valence-corrected chi connectivity index (χ1v) is 4.46. The molecule has 1 N–H and O–H groups in total. The highest BCUT2D eigenvalue weighted by Crippen LogP contribution is 2.07. The van der Waals surface area contributed by atoms with Gasteiger partial charge in [0.15, 0.2) is 0 Å². The summed E-state index contributed by atoms with van der Waals surface area (Å²) in [5, 5.41) is 1.12. The summed E-state index contributed by atoms with van der Waals surface area (Å²) >= 11 is 0. The van der Waals surface area contributed by atoms with Crippen LogP contribution in [0, 0.1) is 0 Å². The number of benzene rings is 1. The van der Waals surface area contributed by atoms with Gasteiger partial charge in [-0.15, -0.1) is 5.17 Å². The molecule has 1 rings (SSSR count). The first-order chi connectivity index (χ1) is 6.77. The van der Waals surface area contributed by atoms with Gasteiger partial charge < -0.3 is 0 Å². The van der Waals surface area contributed by atoms with Crippen LogP contribution < -0.4 is 5.43 Å². The Morgan fingerprint density at radius 1 is 1.43 bits per heavy atom. The average Bonchev–Trinajstić information content (AvgIpc) is 2.26. The van der Waals surface area contributed by atoms with Crippen LogP contribution >= 0.6 is 0 Å². The third-order valence-electron chi connectivity index (χ3n) is 1.72. The Hall–Kier alpha value is -1.55. The summed E-state index contributed by atoms with van der Waals surface area (Å²) in [5.41, 5.74) is 3.66. The molecule has 1 aromatic rings. The lowest BCUT2D eigenvalue weighted by molar-refractivity contribution is -0.168. The molecule has 0 unspecified atom stereocenters. The normalized spacial score (nSPS) is 9.57. The smallest absolute Gasteiger partial charge is 0.266 e. The number of amides is 1. The highest BCUT2D eigenvalue weighted by atomic mass is 16.7. The van der Waals surface area contributed by atoms with Crippen molar-refractivity contribution < 1.29 is 9.63 Å². The maximum Gasteiger partial charge on any atom is 0.266 e. The number of carbonyl (C=O) groups is 1. The number of nitrogens with one attached hydrogen (secondary N) is 1. The maximum atomic E-state index is 11.3. The Bertz CT molecular complexity index is 287. The van der Waals surface area contributed by atoms with Gasteiger partial charge in [0.25, 0.3) is 5.91 Å². The third kappa shape index (κ3) is 2.74. The average molecular weight is 194 g/mol. The van der Waals surface area contributed by atoms with E-state index in [9.17, 15) is 4.79 Å². The number of hydrogen-bond acceptors (Lipinski definition) is 3. The van der Waals surface area contributed by atoms with Crippen molar-refractivity contribution in [2.45, 2.75) is 13.3 Å². The first kappa shape index (κ1) is 10.5. The van der Waals surface area contributed by atoms with Gasteiger partial charge in [-0.2, -0.15) is 0 Å². The van der Waals surface area contributed by atoms with Gasteiger partial charge in [-0.1, -0.05) is 25.1 Å². The molecule has 4 nitrogen and oxygen atoms in total. The number of hydroxylamine groups is 1. The molecule has 0 atom stereocenters. The molecule has 0 bridgehead atoms. The molecule has 0 radical (unpaired) electrons. The molecule has 0 fully saturated rings. The summed E-state index contributed by atoms with van der Waals surface area (Å²) in [5.74, 6) is -0.114. The van der Waals surface area contributed by atoms with E-state index >= 15 is 0 Å². The van der Waals surface area contributed by atoms with Crippen molar-refractivity contribution in [2.75, 3.05) is 12.5 Å². The van der Waals surface area contributed by atoms with Crippen molar-refractivity contribution >= 4 is 11.6 Å². The van der Waals surface area contributed by atoms with E-state index in [2.05, 4.69) is 5.43 Å². The Balaban J connectivity index is 2.62. The van der Waals surface area contributed by atoms with Crippen LogP contribution in [0.4, 0.5) is 5.69 Å². The predicted molar refractivity (Wildman–Crippen MR) is 54.2 cm³/mol. The van der Waals surface area contributed by atoms with Crippen LogP contribution in [0.3, 0.4) is 0 Å². The van der Waals surface area contributed by atoms with E-state index in [4.69, 9.17) is 4.84 Å². The number of rotatable bonds is 4. The fourth-order valence-corrected chi connectivity index (χ4v) is 0.983. The number of anilines is 1. The SMILES string of the molecule is CCC(=O)N(Nc1ccccc1)OC. The molecular weight excluding hydrogens is 180 g/mol. The molecule has 0 aromatic heterocycles. The van der Waals surface area contributed by atoms with Gasteiger partial charge in [0.2, 0.25) is 0 Å². The number of nitrogens with zero attached hydrogens (tertiary/aromatic N) is 1. The highest BCUT2D eigenvalue weighted by Gasteiger charge is 2.09. The number of carbonyl (C=O) groups excluding carboxylic acids is 1. The highest BCUT2D eigenvalue weighted by molar-refractivity contribution is 5.76. The molecule has 1 amide bonds. The molecule has 4 heteroatoms. The molecular formula is C10H14N2O2. The van der Waals surface area contributed by atoms with Crippen molar-refractivity contribution in [3.05, 3.63) is 30.3 Å². The Labute approximate surface area is 83.4 Å². The molecule has 0 aliphatic carbocycles. The van der Waals surface area contributed by atoms with Crippen LogP contribution in [0.15, 0.2) is 30.3 Å². The molecule has 0 heterocycles. The van der Waals surface area contributed by atoms with Crippen LogP contribution in [-0.4, -0.2) is 18.2 Å². The fraction of sp³-hybridized carbons (Fsp3) is 0.300. The van der Waals surface area contributed by atoms with Crippen LogP contribution in [-0.2, 0) is 9.63 Å². The third-order valence-corrected chi connectivity index (χ3v) is 1.72. The molecule has 0 saturated heterocycles.